The van der Waals surface area contributed by atoms with Gasteiger partial charge in [-0.15, -0.1) is 0 Å². The van der Waals surface area contributed by atoms with Crippen molar-refractivity contribution in [3.8, 4) is 0 Å². The molecule has 0 bridgehead atoms. The van der Waals surface area contributed by atoms with Crippen LogP contribution in [0.5, 0.6) is 0 Å². The molecule has 6 heteroatoms. The summed E-state index contributed by atoms with van der Waals surface area (Å²) < 4.78 is 48.7. The number of hydrogen-bond donors (Lipinski definition) is 1. The molecule has 84 valence electrons. The summed E-state index contributed by atoms with van der Waals surface area (Å²) in [6, 6.07) is 2.47. The maximum atomic E-state index is 12.8. The molecule has 15 heavy (non-hydrogen) atoms. The van der Waals surface area contributed by atoms with Crippen LogP contribution in [0.15, 0.2) is 23.1 Å². The minimum Gasteiger partial charge on any atom is -0.329 e. The van der Waals surface area contributed by atoms with Crippen LogP contribution in [-0.4, -0.2) is 20.2 Å². The van der Waals surface area contributed by atoms with Crippen molar-refractivity contribution in [2.24, 2.45) is 5.73 Å². The lowest BCUT2D eigenvalue weighted by molar-refractivity contribution is 0.504. The molecule has 0 spiro atoms. The average Bonchev–Trinajstić information content (AvgIpc) is 2.20. The minimum absolute atomic E-state index is 0.0681. The molecule has 0 aliphatic rings. The molecule has 1 unspecified atom stereocenters. The fourth-order valence-electron chi connectivity index (χ4n) is 1.01. The zero-order valence-electron chi connectivity index (χ0n) is 8.07. The molecule has 2 N–H and O–H groups in total. The molecule has 1 atom stereocenters. The lowest BCUT2D eigenvalue weighted by Crippen LogP contribution is -2.26. The second-order valence-electron chi connectivity index (χ2n) is 3.17. The second-order valence-corrected chi connectivity index (χ2v) is 5.53. The van der Waals surface area contributed by atoms with E-state index < -0.39 is 26.7 Å². The number of nitrogens with two attached hydrogens (primary N) is 1. The highest BCUT2D eigenvalue weighted by Gasteiger charge is 2.22. The maximum absolute atomic E-state index is 12.8. The molecule has 0 aromatic heterocycles. The van der Waals surface area contributed by atoms with Gasteiger partial charge in [0.15, 0.2) is 21.5 Å². The van der Waals surface area contributed by atoms with E-state index in [0.717, 1.165) is 12.1 Å². The normalized spacial score (nSPS) is 13.9. The zero-order valence-corrected chi connectivity index (χ0v) is 8.89. The van der Waals surface area contributed by atoms with E-state index in [9.17, 15) is 17.2 Å². The highest BCUT2D eigenvalue weighted by atomic mass is 32.2. The van der Waals surface area contributed by atoms with E-state index in [1.165, 1.54) is 6.92 Å². The quantitative estimate of drug-likeness (QED) is 0.798. The first-order valence-electron chi connectivity index (χ1n) is 4.28. The van der Waals surface area contributed by atoms with Crippen LogP contribution >= 0.6 is 0 Å². The van der Waals surface area contributed by atoms with E-state index in [1.807, 2.05) is 0 Å². The van der Waals surface area contributed by atoms with Crippen LogP contribution in [0, 0.1) is 11.6 Å². The van der Waals surface area contributed by atoms with Crippen molar-refractivity contribution in [1.82, 2.24) is 0 Å². The van der Waals surface area contributed by atoms with E-state index in [0.29, 0.717) is 6.07 Å². The molecule has 0 aliphatic carbocycles. The fraction of sp³-hybridized carbons (Fsp3) is 0.333. The summed E-state index contributed by atoms with van der Waals surface area (Å²) >= 11 is 0. The smallest absolute Gasteiger partial charge is 0.182 e. The minimum atomic E-state index is -3.66. The van der Waals surface area contributed by atoms with Gasteiger partial charge in [0, 0.05) is 6.54 Å². The first-order valence-corrected chi connectivity index (χ1v) is 5.83. The summed E-state index contributed by atoms with van der Waals surface area (Å²) in [5.41, 5.74) is 5.22. The van der Waals surface area contributed by atoms with E-state index in [1.54, 1.807) is 0 Å². The largest absolute Gasteiger partial charge is 0.329 e. The van der Waals surface area contributed by atoms with Crippen LogP contribution in [0.3, 0.4) is 0 Å². The third-order valence-electron chi connectivity index (χ3n) is 2.08. The Bertz CT molecular complexity index is 459. The van der Waals surface area contributed by atoms with Crippen LogP contribution in [0.1, 0.15) is 6.92 Å². The highest BCUT2D eigenvalue weighted by molar-refractivity contribution is 7.92. The SMILES string of the molecule is CC(CN)S(=O)(=O)c1ccc(F)c(F)c1. The van der Waals surface area contributed by atoms with E-state index >= 15 is 0 Å². The monoisotopic (exact) mass is 235 g/mol. The number of sulfone groups is 1. The van der Waals surface area contributed by atoms with Gasteiger partial charge in [0.25, 0.3) is 0 Å². The predicted molar refractivity (Wildman–Crippen MR) is 52.1 cm³/mol. The van der Waals surface area contributed by atoms with Crippen molar-refractivity contribution >= 4 is 9.84 Å². The molecule has 1 aromatic carbocycles. The number of hydrogen-bond acceptors (Lipinski definition) is 3. The Morgan fingerprint density at radius 3 is 2.40 bits per heavy atom. The number of benzene rings is 1. The Balaban J connectivity index is 3.23. The molecule has 0 aliphatic heterocycles. The molecule has 0 saturated carbocycles. The summed E-state index contributed by atoms with van der Waals surface area (Å²) in [4.78, 5) is -0.251. The zero-order chi connectivity index (χ0) is 11.6. The Morgan fingerprint density at radius 2 is 1.93 bits per heavy atom. The molecular formula is C9H11F2NO2S. The molecule has 0 radical (unpaired) electrons. The second kappa shape index (κ2) is 4.24. The van der Waals surface area contributed by atoms with Gasteiger partial charge in [0.05, 0.1) is 10.1 Å². The maximum Gasteiger partial charge on any atom is 0.182 e. The third kappa shape index (κ3) is 2.32. The van der Waals surface area contributed by atoms with Crippen molar-refractivity contribution in [2.45, 2.75) is 17.1 Å². The van der Waals surface area contributed by atoms with E-state index in [4.69, 9.17) is 5.73 Å². The molecule has 0 fully saturated rings. The van der Waals surface area contributed by atoms with Gasteiger partial charge in [-0.1, -0.05) is 0 Å². The van der Waals surface area contributed by atoms with Crippen molar-refractivity contribution in [3.05, 3.63) is 29.8 Å². The van der Waals surface area contributed by atoms with Crippen LogP contribution in [-0.2, 0) is 9.84 Å². The standard InChI is InChI=1S/C9H11F2NO2S/c1-6(5-12)15(13,14)7-2-3-8(10)9(11)4-7/h2-4,6H,5,12H2,1H3. The summed E-state index contributed by atoms with van der Waals surface area (Å²) in [6.45, 7) is 1.35. The van der Waals surface area contributed by atoms with Crippen molar-refractivity contribution in [3.63, 3.8) is 0 Å². The summed E-state index contributed by atoms with van der Waals surface area (Å²) in [5.74, 6) is -2.25. The first-order chi connectivity index (χ1) is 6.89. The lowest BCUT2D eigenvalue weighted by Gasteiger charge is -2.10. The molecule has 0 amide bonds. The van der Waals surface area contributed by atoms with Crippen LogP contribution in [0.2, 0.25) is 0 Å². The van der Waals surface area contributed by atoms with Crippen LogP contribution in [0.4, 0.5) is 8.78 Å². The van der Waals surface area contributed by atoms with Gasteiger partial charge >= 0.3 is 0 Å². The average molecular weight is 235 g/mol. The lowest BCUT2D eigenvalue weighted by atomic mass is 10.3. The predicted octanol–water partition coefficient (Wildman–Crippen LogP) is 1.09. The Kier molecular flexibility index (Phi) is 3.41. The van der Waals surface area contributed by atoms with E-state index in [-0.39, 0.29) is 11.4 Å². The topological polar surface area (TPSA) is 60.2 Å². The summed E-state index contributed by atoms with van der Waals surface area (Å²) in [5, 5.41) is -0.817. The molecular weight excluding hydrogens is 224 g/mol. The first kappa shape index (κ1) is 12.1. The van der Waals surface area contributed by atoms with Crippen molar-refractivity contribution < 1.29 is 17.2 Å². The van der Waals surface area contributed by atoms with Gasteiger partial charge in [-0.25, -0.2) is 17.2 Å². The van der Waals surface area contributed by atoms with Crippen molar-refractivity contribution in [1.29, 1.82) is 0 Å². The molecule has 3 nitrogen and oxygen atoms in total. The molecule has 0 saturated heterocycles. The van der Waals surface area contributed by atoms with Gasteiger partial charge in [-0.3, -0.25) is 0 Å². The molecule has 0 heterocycles. The fourth-order valence-corrected chi connectivity index (χ4v) is 2.26. The van der Waals surface area contributed by atoms with Gasteiger partial charge in [0.2, 0.25) is 0 Å². The van der Waals surface area contributed by atoms with Gasteiger partial charge in [-0.05, 0) is 25.1 Å². The van der Waals surface area contributed by atoms with Gasteiger partial charge < -0.3 is 5.73 Å². The molecule has 1 rings (SSSR count). The van der Waals surface area contributed by atoms with Crippen LogP contribution in [0.25, 0.3) is 0 Å². The summed E-state index contributed by atoms with van der Waals surface area (Å²) in [7, 11) is -3.66. The Hall–Kier alpha value is -1.01. The van der Waals surface area contributed by atoms with E-state index in [2.05, 4.69) is 0 Å². The third-order valence-corrected chi connectivity index (χ3v) is 4.24. The summed E-state index contributed by atoms with van der Waals surface area (Å²) in [6.07, 6.45) is 0. The number of rotatable bonds is 3. The Morgan fingerprint density at radius 1 is 1.33 bits per heavy atom. The van der Waals surface area contributed by atoms with Gasteiger partial charge in [0.1, 0.15) is 0 Å². The highest BCUT2D eigenvalue weighted by Crippen LogP contribution is 2.18. The van der Waals surface area contributed by atoms with Gasteiger partial charge in [-0.2, -0.15) is 0 Å². The van der Waals surface area contributed by atoms with Crippen molar-refractivity contribution in [2.75, 3.05) is 6.54 Å². The molecule has 1 aromatic rings. The Labute approximate surface area is 86.8 Å². The van der Waals surface area contributed by atoms with Crippen LogP contribution < -0.4 is 5.73 Å². The number of halogens is 2.